The number of nitrogens with two attached hydrogens (primary N) is 1. The van der Waals surface area contributed by atoms with Gasteiger partial charge in [0.05, 0.1) is 16.4 Å². The van der Waals surface area contributed by atoms with Crippen molar-refractivity contribution < 1.29 is 18.0 Å². The third-order valence-corrected chi connectivity index (χ3v) is 3.71. The first kappa shape index (κ1) is 26.4. The fourth-order valence-electron chi connectivity index (χ4n) is 2.27. The van der Waals surface area contributed by atoms with Crippen LogP contribution in [0.1, 0.15) is 18.3 Å². The van der Waals surface area contributed by atoms with Gasteiger partial charge in [-0.1, -0.05) is 18.5 Å². The first-order chi connectivity index (χ1) is 13.6. The van der Waals surface area contributed by atoms with Gasteiger partial charge in [0.2, 0.25) is 5.91 Å². The molecule has 0 radical (unpaired) electrons. The highest BCUT2D eigenvalue weighted by Crippen LogP contribution is 2.14. The minimum atomic E-state index is -4.44. The lowest BCUT2D eigenvalue weighted by Crippen LogP contribution is -2.37. The van der Waals surface area contributed by atoms with Crippen LogP contribution in [0.15, 0.2) is 35.3 Å². The number of amides is 1. The number of nitrogens with one attached hydrogen (secondary N) is 2. The highest BCUT2D eigenvalue weighted by Gasteiger charge is 2.28. The van der Waals surface area contributed by atoms with Crippen LogP contribution in [0.2, 0.25) is 0 Å². The van der Waals surface area contributed by atoms with Crippen molar-refractivity contribution in [3.63, 3.8) is 0 Å². The molecule has 1 rings (SSSR count). The second-order valence-electron chi connectivity index (χ2n) is 6.00. The molecule has 1 amide bonds. The molecule has 1 aromatic rings. The molecule has 0 aliphatic rings. The number of allylic oxidation sites excluding steroid dienone is 2. The van der Waals surface area contributed by atoms with Gasteiger partial charge in [0.1, 0.15) is 6.54 Å². The normalized spacial score (nSPS) is 13.2. The molecule has 0 aliphatic carbocycles. The van der Waals surface area contributed by atoms with Gasteiger partial charge in [-0.05, 0) is 18.7 Å². The van der Waals surface area contributed by atoms with Crippen LogP contribution in [0.4, 0.5) is 13.2 Å². The van der Waals surface area contributed by atoms with Crippen LogP contribution in [-0.4, -0.2) is 42.2 Å². The van der Waals surface area contributed by atoms with E-state index >= 15 is 0 Å². The lowest BCUT2D eigenvalue weighted by atomic mass is 10.0. The standard InChI is InChI=1S/C17H23ClF3N5O.C2H2/c1-11(16(27)25-10-17(19,20)21)3-14-8-24-9-15(26-14)5-12(7-23-2)4-13(18)6-22;1-2/h4,6,8-9,11,23H,3,5,7,10,22H2,1-2H3,(H,25,27);1-2H/b12-4-,13-6+;. The number of carbonyl (C=O) groups excluding carboxylic acids is 1. The number of nitrogens with zero attached hydrogens (tertiary/aromatic N) is 2. The SMILES string of the molecule is C#C.CNC/C(=C\C(Cl)=C/N)Cc1cncc(CC(C)C(=O)NCC(F)(F)F)n1. The van der Waals surface area contributed by atoms with Gasteiger partial charge in [-0.2, -0.15) is 13.2 Å². The number of terminal acetylenes is 1. The third-order valence-electron chi connectivity index (χ3n) is 3.47. The summed E-state index contributed by atoms with van der Waals surface area (Å²) in [5, 5.41) is 5.28. The summed E-state index contributed by atoms with van der Waals surface area (Å²) >= 11 is 5.93. The fraction of sp³-hybridized carbons (Fsp3) is 0.421. The maximum Gasteiger partial charge on any atom is 0.405 e. The maximum absolute atomic E-state index is 12.2. The molecule has 1 atom stereocenters. The Labute approximate surface area is 173 Å². The first-order valence-corrected chi connectivity index (χ1v) is 8.91. The summed E-state index contributed by atoms with van der Waals surface area (Å²) < 4.78 is 36.6. The second kappa shape index (κ2) is 13.6. The summed E-state index contributed by atoms with van der Waals surface area (Å²) in [5.74, 6) is -1.35. The highest BCUT2D eigenvalue weighted by atomic mass is 35.5. The summed E-state index contributed by atoms with van der Waals surface area (Å²) in [6.07, 6.45) is 10.3. The number of hydrogen-bond donors (Lipinski definition) is 3. The predicted molar refractivity (Wildman–Crippen MR) is 108 cm³/mol. The quantitative estimate of drug-likeness (QED) is 0.412. The molecule has 160 valence electrons. The zero-order valence-electron chi connectivity index (χ0n) is 16.3. The average molecular weight is 432 g/mol. The molecule has 0 bridgehead atoms. The molecule has 0 saturated heterocycles. The molecule has 1 aromatic heterocycles. The van der Waals surface area contributed by atoms with Gasteiger partial charge in [0.25, 0.3) is 0 Å². The summed E-state index contributed by atoms with van der Waals surface area (Å²) in [4.78, 5) is 20.3. The van der Waals surface area contributed by atoms with E-state index in [1.165, 1.54) is 19.3 Å². The zero-order chi connectivity index (χ0) is 22.4. The van der Waals surface area contributed by atoms with Crippen molar-refractivity contribution in [2.24, 2.45) is 11.7 Å². The largest absolute Gasteiger partial charge is 0.405 e. The topological polar surface area (TPSA) is 92.9 Å². The summed E-state index contributed by atoms with van der Waals surface area (Å²) in [7, 11) is 1.79. The van der Waals surface area contributed by atoms with Crippen LogP contribution >= 0.6 is 11.6 Å². The number of carbonyl (C=O) groups is 1. The van der Waals surface area contributed by atoms with E-state index in [4.69, 9.17) is 17.3 Å². The van der Waals surface area contributed by atoms with Crippen LogP contribution in [-0.2, 0) is 17.6 Å². The van der Waals surface area contributed by atoms with Gasteiger partial charge in [-0.15, -0.1) is 12.8 Å². The van der Waals surface area contributed by atoms with Crippen molar-refractivity contribution in [3.8, 4) is 12.8 Å². The molecular formula is C19H25ClF3N5O. The highest BCUT2D eigenvalue weighted by molar-refractivity contribution is 6.31. The molecule has 0 fully saturated rings. The third kappa shape index (κ3) is 11.8. The maximum atomic E-state index is 12.2. The molecule has 0 saturated carbocycles. The van der Waals surface area contributed by atoms with Crippen LogP contribution in [0.5, 0.6) is 0 Å². The van der Waals surface area contributed by atoms with Gasteiger partial charge >= 0.3 is 6.18 Å². The average Bonchev–Trinajstić information content (AvgIpc) is 2.67. The van der Waals surface area contributed by atoms with Crippen LogP contribution in [0.25, 0.3) is 0 Å². The van der Waals surface area contributed by atoms with Gasteiger partial charge < -0.3 is 16.4 Å². The Kier molecular flexibility index (Phi) is 12.4. The fourth-order valence-corrected chi connectivity index (χ4v) is 2.42. The molecule has 0 aromatic carbocycles. The summed E-state index contributed by atoms with van der Waals surface area (Å²) in [5.41, 5.74) is 7.47. The lowest BCUT2D eigenvalue weighted by molar-refractivity contribution is -0.140. The molecule has 0 aliphatic heterocycles. The number of alkyl halides is 3. The summed E-state index contributed by atoms with van der Waals surface area (Å²) in [6.45, 7) is 0.750. The molecular weight excluding hydrogens is 407 g/mol. The summed E-state index contributed by atoms with van der Waals surface area (Å²) in [6, 6.07) is 0. The molecule has 6 nitrogen and oxygen atoms in total. The first-order valence-electron chi connectivity index (χ1n) is 8.53. The van der Waals surface area contributed by atoms with Gasteiger partial charge in [0, 0.05) is 43.9 Å². The zero-order valence-corrected chi connectivity index (χ0v) is 17.0. The predicted octanol–water partition coefficient (Wildman–Crippen LogP) is 2.31. The number of likely N-dealkylation sites (N-methyl/N-ethyl adjacent to an activating group) is 1. The van der Waals surface area contributed by atoms with E-state index in [1.54, 1.807) is 19.3 Å². The minimum Gasteiger partial charge on any atom is -0.403 e. The second-order valence-corrected chi connectivity index (χ2v) is 6.44. The Balaban J connectivity index is 0.00000379. The van der Waals surface area contributed by atoms with E-state index in [1.807, 2.05) is 5.32 Å². The van der Waals surface area contributed by atoms with E-state index in [-0.39, 0.29) is 6.42 Å². The smallest absolute Gasteiger partial charge is 0.403 e. The van der Waals surface area contributed by atoms with Crippen LogP contribution < -0.4 is 16.4 Å². The number of hydrogen-bond acceptors (Lipinski definition) is 5. The number of halogens is 4. The Morgan fingerprint density at radius 3 is 2.52 bits per heavy atom. The number of aromatic nitrogens is 2. The van der Waals surface area contributed by atoms with E-state index < -0.39 is 24.5 Å². The van der Waals surface area contributed by atoms with Crippen LogP contribution in [0, 0.1) is 18.8 Å². The molecule has 1 unspecified atom stereocenters. The Hall–Kier alpha value is -2.57. The Morgan fingerprint density at radius 2 is 1.97 bits per heavy atom. The van der Waals surface area contributed by atoms with Crippen molar-refractivity contribution in [1.82, 2.24) is 20.6 Å². The van der Waals surface area contributed by atoms with E-state index in [9.17, 15) is 18.0 Å². The molecule has 0 spiro atoms. The number of rotatable bonds is 9. The monoisotopic (exact) mass is 431 g/mol. The van der Waals surface area contributed by atoms with E-state index in [0.717, 1.165) is 5.57 Å². The van der Waals surface area contributed by atoms with Crippen molar-refractivity contribution in [1.29, 1.82) is 0 Å². The minimum absolute atomic E-state index is 0.180. The lowest BCUT2D eigenvalue weighted by Gasteiger charge is -2.14. The Bertz CT molecular complexity index is 732. The van der Waals surface area contributed by atoms with E-state index in [0.29, 0.717) is 29.4 Å². The van der Waals surface area contributed by atoms with Gasteiger partial charge in [-0.25, -0.2) is 0 Å². The molecule has 1 heterocycles. The van der Waals surface area contributed by atoms with Crippen LogP contribution in [0.3, 0.4) is 0 Å². The van der Waals surface area contributed by atoms with Crippen molar-refractivity contribution in [2.75, 3.05) is 20.1 Å². The molecule has 29 heavy (non-hydrogen) atoms. The van der Waals surface area contributed by atoms with Crippen molar-refractivity contribution in [3.05, 3.63) is 46.7 Å². The Morgan fingerprint density at radius 1 is 1.34 bits per heavy atom. The van der Waals surface area contributed by atoms with Crippen molar-refractivity contribution in [2.45, 2.75) is 25.9 Å². The van der Waals surface area contributed by atoms with Gasteiger partial charge in [-0.3, -0.25) is 14.8 Å². The molecule has 10 heteroatoms. The van der Waals surface area contributed by atoms with E-state index in [2.05, 4.69) is 28.1 Å². The van der Waals surface area contributed by atoms with Crippen molar-refractivity contribution >= 4 is 17.5 Å². The molecule has 4 N–H and O–H groups in total. The van der Waals surface area contributed by atoms with Gasteiger partial charge in [0.15, 0.2) is 0 Å².